The second-order valence-corrected chi connectivity index (χ2v) is 7.15. The number of anilines is 1. The lowest BCUT2D eigenvalue weighted by Gasteiger charge is -2.25. The van der Waals surface area contributed by atoms with Crippen LogP contribution in [0, 0.1) is 23.1 Å². The Balaban J connectivity index is 1.46. The topological polar surface area (TPSA) is 43.2 Å². The lowest BCUT2D eigenvalue weighted by atomic mass is 10.0. The van der Waals surface area contributed by atoms with Crippen molar-refractivity contribution < 1.29 is 4.39 Å². The van der Waals surface area contributed by atoms with Gasteiger partial charge in [-0.2, -0.15) is 5.26 Å². The van der Waals surface area contributed by atoms with Crippen molar-refractivity contribution in [1.29, 1.82) is 5.26 Å². The molecule has 2 atom stereocenters. The minimum atomic E-state index is -0.299. The first kappa shape index (κ1) is 16.3. The van der Waals surface area contributed by atoms with Crippen LogP contribution in [0.3, 0.4) is 0 Å². The molecule has 2 saturated heterocycles. The molecule has 2 aliphatic rings. The molecule has 0 N–H and O–H groups in total. The van der Waals surface area contributed by atoms with Crippen molar-refractivity contribution in [2.45, 2.75) is 19.0 Å². The zero-order chi connectivity index (χ0) is 17.4. The quantitative estimate of drug-likeness (QED) is 0.844. The zero-order valence-corrected chi connectivity index (χ0v) is 14.5. The molecule has 2 aliphatic heterocycles. The van der Waals surface area contributed by atoms with E-state index in [1.807, 2.05) is 12.1 Å². The van der Waals surface area contributed by atoms with Crippen LogP contribution in [0.15, 0.2) is 36.5 Å². The van der Waals surface area contributed by atoms with E-state index < -0.39 is 0 Å². The Labute approximate surface area is 151 Å². The summed E-state index contributed by atoms with van der Waals surface area (Å²) in [5.74, 6) is 1.23. The molecular weight excluding hydrogens is 339 g/mol. The third-order valence-corrected chi connectivity index (χ3v) is 5.60. The number of pyridine rings is 1. The zero-order valence-electron chi connectivity index (χ0n) is 13.7. The van der Waals surface area contributed by atoms with Crippen LogP contribution in [0.5, 0.6) is 0 Å². The predicted octanol–water partition coefficient (Wildman–Crippen LogP) is 3.46. The molecular formula is C19H18ClFN4. The van der Waals surface area contributed by atoms with Crippen LogP contribution in [0.2, 0.25) is 5.02 Å². The number of halogens is 2. The maximum Gasteiger partial charge on any atom is 0.128 e. The Kier molecular flexibility index (Phi) is 4.32. The van der Waals surface area contributed by atoms with E-state index in [1.54, 1.807) is 12.3 Å². The smallest absolute Gasteiger partial charge is 0.128 e. The van der Waals surface area contributed by atoms with E-state index in [1.165, 1.54) is 12.1 Å². The van der Waals surface area contributed by atoms with Crippen LogP contribution in [-0.4, -0.2) is 35.6 Å². The molecule has 0 amide bonds. The highest BCUT2D eigenvalue weighted by atomic mass is 35.5. The van der Waals surface area contributed by atoms with Crippen molar-refractivity contribution in [1.82, 2.24) is 9.88 Å². The molecule has 6 heteroatoms. The molecule has 1 aromatic heterocycles. The Bertz CT molecular complexity index is 817. The van der Waals surface area contributed by atoms with E-state index in [0.717, 1.165) is 44.0 Å². The number of likely N-dealkylation sites (tertiary alicyclic amines) is 1. The first-order valence-electron chi connectivity index (χ1n) is 8.43. The van der Waals surface area contributed by atoms with Crippen molar-refractivity contribution in [2.24, 2.45) is 5.92 Å². The molecule has 0 radical (unpaired) electrons. The van der Waals surface area contributed by atoms with Gasteiger partial charge in [-0.1, -0.05) is 17.7 Å². The molecule has 1 aromatic carbocycles. The number of hydrogen-bond acceptors (Lipinski definition) is 4. The van der Waals surface area contributed by atoms with E-state index in [0.29, 0.717) is 22.5 Å². The Morgan fingerprint density at radius 3 is 2.88 bits per heavy atom. The number of aromatic nitrogens is 1. The standard InChI is InChI=1S/C19H18ClFN4/c20-17-7-16(21)3-2-14(17)10-24-6-5-15-11-25(12-18(15)24)19-4-1-13(8-22)9-23-19/h1-4,7,9,15,18H,5-6,10-12H2. The molecule has 2 unspecified atom stereocenters. The molecule has 2 fully saturated rings. The summed E-state index contributed by atoms with van der Waals surface area (Å²) in [4.78, 5) is 9.14. The summed E-state index contributed by atoms with van der Waals surface area (Å²) >= 11 is 6.19. The van der Waals surface area contributed by atoms with Gasteiger partial charge in [-0.05, 0) is 48.7 Å². The van der Waals surface area contributed by atoms with Crippen molar-refractivity contribution in [2.75, 3.05) is 24.5 Å². The van der Waals surface area contributed by atoms with Gasteiger partial charge < -0.3 is 4.90 Å². The molecule has 128 valence electrons. The highest BCUT2D eigenvalue weighted by Crippen LogP contribution is 2.35. The fourth-order valence-electron chi connectivity index (χ4n) is 3.94. The Hall–Kier alpha value is -2.16. The maximum atomic E-state index is 13.2. The predicted molar refractivity (Wildman–Crippen MR) is 94.9 cm³/mol. The monoisotopic (exact) mass is 356 g/mol. The highest BCUT2D eigenvalue weighted by molar-refractivity contribution is 6.31. The van der Waals surface area contributed by atoms with Crippen LogP contribution in [0.25, 0.3) is 0 Å². The molecule has 3 heterocycles. The van der Waals surface area contributed by atoms with Gasteiger partial charge in [0.25, 0.3) is 0 Å². The number of rotatable bonds is 3. The SMILES string of the molecule is N#Cc1ccc(N2CC3CCN(Cc4ccc(F)cc4Cl)C3C2)nc1. The van der Waals surface area contributed by atoms with Crippen molar-refractivity contribution in [3.63, 3.8) is 0 Å². The van der Waals surface area contributed by atoms with Crippen LogP contribution in [0.4, 0.5) is 10.2 Å². The van der Waals surface area contributed by atoms with Crippen LogP contribution in [-0.2, 0) is 6.54 Å². The van der Waals surface area contributed by atoms with Crippen molar-refractivity contribution >= 4 is 17.4 Å². The first-order chi connectivity index (χ1) is 12.1. The normalized spacial score (nSPS) is 22.8. The number of hydrogen-bond donors (Lipinski definition) is 0. The maximum absolute atomic E-state index is 13.2. The van der Waals surface area contributed by atoms with Crippen LogP contribution >= 0.6 is 11.6 Å². The summed E-state index contributed by atoms with van der Waals surface area (Å²) < 4.78 is 13.2. The molecule has 2 aromatic rings. The summed E-state index contributed by atoms with van der Waals surface area (Å²) in [6, 6.07) is 10.9. The van der Waals surface area contributed by atoms with Gasteiger partial charge in [0.15, 0.2) is 0 Å². The van der Waals surface area contributed by atoms with Gasteiger partial charge in [-0.25, -0.2) is 9.37 Å². The molecule has 0 spiro atoms. The number of nitrogens with zero attached hydrogens (tertiary/aromatic N) is 4. The van der Waals surface area contributed by atoms with Crippen molar-refractivity contribution in [3.8, 4) is 6.07 Å². The lowest BCUT2D eigenvalue weighted by Crippen LogP contribution is -2.35. The molecule has 4 rings (SSSR count). The third kappa shape index (κ3) is 3.20. The van der Waals surface area contributed by atoms with Gasteiger partial charge in [-0.15, -0.1) is 0 Å². The van der Waals surface area contributed by atoms with Gasteiger partial charge in [0, 0.05) is 36.9 Å². The van der Waals surface area contributed by atoms with Gasteiger partial charge in [0.2, 0.25) is 0 Å². The first-order valence-corrected chi connectivity index (χ1v) is 8.81. The summed E-state index contributed by atoms with van der Waals surface area (Å²) in [6.45, 7) is 3.69. The summed E-state index contributed by atoms with van der Waals surface area (Å²) in [6.07, 6.45) is 2.77. The molecule has 0 aliphatic carbocycles. The van der Waals surface area contributed by atoms with Crippen LogP contribution in [0.1, 0.15) is 17.5 Å². The minimum Gasteiger partial charge on any atom is -0.355 e. The summed E-state index contributed by atoms with van der Waals surface area (Å²) in [7, 11) is 0. The summed E-state index contributed by atoms with van der Waals surface area (Å²) in [5.41, 5.74) is 1.55. The lowest BCUT2D eigenvalue weighted by molar-refractivity contribution is 0.245. The number of nitriles is 1. The largest absolute Gasteiger partial charge is 0.355 e. The fraction of sp³-hybridized carbons (Fsp3) is 0.368. The van der Waals surface area contributed by atoms with E-state index in [9.17, 15) is 4.39 Å². The second-order valence-electron chi connectivity index (χ2n) is 6.74. The molecule has 25 heavy (non-hydrogen) atoms. The average molecular weight is 357 g/mol. The molecule has 4 nitrogen and oxygen atoms in total. The van der Waals surface area contributed by atoms with Crippen molar-refractivity contribution in [3.05, 3.63) is 58.5 Å². The van der Waals surface area contributed by atoms with E-state index in [2.05, 4.69) is 20.9 Å². The van der Waals surface area contributed by atoms with Gasteiger partial charge >= 0.3 is 0 Å². The molecule has 0 bridgehead atoms. The van der Waals surface area contributed by atoms with E-state index in [4.69, 9.17) is 16.9 Å². The van der Waals surface area contributed by atoms with Gasteiger partial charge in [-0.3, -0.25) is 4.90 Å². The fourth-order valence-corrected chi connectivity index (χ4v) is 4.17. The van der Waals surface area contributed by atoms with E-state index in [-0.39, 0.29) is 5.82 Å². The highest BCUT2D eigenvalue weighted by Gasteiger charge is 2.41. The Morgan fingerprint density at radius 2 is 2.16 bits per heavy atom. The average Bonchev–Trinajstić information content (AvgIpc) is 3.19. The van der Waals surface area contributed by atoms with E-state index >= 15 is 0 Å². The minimum absolute atomic E-state index is 0.299. The van der Waals surface area contributed by atoms with Gasteiger partial charge in [0.1, 0.15) is 17.7 Å². The molecule has 0 saturated carbocycles. The third-order valence-electron chi connectivity index (χ3n) is 5.25. The number of benzene rings is 1. The number of fused-ring (bicyclic) bond motifs is 1. The van der Waals surface area contributed by atoms with Gasteiger partial charge in [0.05, 0.1) is 5.56 Å². The summed E-state index contributed by atoms with van der Waals surface area (Å²) in [5, 5.41) is 9.39. The Morgan fingerprint density at radius 1 is 1.28 bits per heavy atom. The van der Waals surface area contributed by atoms with Crippen LogP contribution < -0.4 is 4.90 Å². The second kappa shape index (κ2) is 6.62.